The summed E-state index contributed by atoms with van der Waals surface area (Å²) < 4.78 is 5.68. The van der Waals surface area contributed by atoms with Crippen LogP contribution in [-0.4, -0.2) is 12.6 Å². The molecule has 2 heterocycles. The third-order valence-electron chi connectivity index (χ3n) is 3.65. The van der Waals surface area contributed by atoms with Crippen LogP contribution < -0.4 is 5.32 Å². The number of aryl methyl sites for hydroxylation is 1. The summed E-state index contributed by atoms with van der Waals surface area (Å²) in [5.41, 5.74) is 2.44. The third-order valence-corrected chi connectivity index (χ3v) is 3.65. The van der Waals surface area contributed by atoms with Gasteiger partial charge in [0.2, 0.25) is 0 Å². The predicted octanol–water partition coefficient (Wildman–Crippen LogP) is 3.43. The molecule has 1 aromatic heterocycles. The summed E-state index contributed by atoms with van der Waals surface area (Å²) in [7, 11) is 0. The molecule has 2 nitrogen and oxygen atoms in total. The SMILES string of the molecule is Cc1cc2c(CC3CCCCN3)cccc2o1. The van der Waals surface area contributed by atoms with E-state index >= 15 is 0 Å². The van der Waals surface area contributed by atoms with Crippen molar-refractivity contribution in [3.8, 4) is 0 Å². The topological polar surface area (TPSA) is 25.2 Å². The lowest BCUT2D eigenvalue weighted by Crippen LogP contribution is -2.35. The van der Waals surface area contributed by atoms with Gasteiger partial charge in [0.25, 0.3) is 0 Å². The molecular weight excluding hydrogens is 210 g/mol. The third kappa shape index (κ3) is 2.22. The first-order valence-electron chi connectivity index (χ1n) is 6.54. The number of furan rings is 1. The summed E-state index contributed by atoms with van der Waals surface area (Å²) in [5.74, 6) is 1.00. The van der Waals surface area contributed by atoms with E-state index in [1.807, 2.05) is 6.92 Å². The van der Waals surface area contributed by atoms with Crippen molar-refractivity contribution in [1.82, 2.24) is 5.32 Å². The summed E-state index contributed by atoms with van der Waals surface area (Å²) >= 11 is 0. The maximum absolute atomic E-state index is 5.68. The van der Waals surface area contributed by atoms with E-state index in [0.29, 0.717) is 6.04 Å². The number of piperidine rings is 1. The molecule has 0 bridgehead atoms. The maximum Gasteiger partial charge on any atom is 0.134 e. The van der Waals surface area contributed by atoms with Gasteiger partial charge in [0.15, 0.2) is 0 Å². The van der Waals surface area contributed by atoms with Gasteiger partial charge in [-0.3, -0.25) is 0 Å². The molecule has 1 saturated heterocycles. The molecule has 0 amide bonds. The van der Waals surface area contributed by atoms with E-state index in [9.17, 15) is 0 Å². The first kappa shape index (κ1) is 10.8. The Labute approximate surface area is 102 Å². The molecule has 3 rings (SSSR count). The van der Waals surface area contributed by atoms with Gasteiger partial charge in [-0.05, 0) is 50.4 Å². The van der Waals surface area contributed by atoms with Crippen LogP contribution in [-0.2, 0) is 6.42 Å². The zero-order valence-electron chi connectivity index (χ0n) is 10.3. The second kappa shape index (κ2) is 4.53. The Balaban J connectivity index is 1.88. The number of nitrogens with one attached hydrogen (secondary N) is 1. The van der Waals surface area contributed by atoms with Crippen LogP contribution in [0.3, 0.4) is 0 Å². The van der Waals surface area contributed by atoms with Crippen LogP contribution in [0.15, 0.2) is 28.7 Å². The molecule has 2 aromatic rings. The fraction of sp³-hybridized carbons (Fsp3) is 0.467. The van der Waals surface area contributed by atoms with Crippen LogP contribution in [0.25, 0.3) is 11.0 Å². The first-order valence-corrected chi connectivity index (χ1v) is 6.54. The Bertz CT molecular complexity index is 509. The molecule has 1 fully saturated rings. The lowest BCUT2D eigenvalue weighted by atomic mass is 9.96. The standard InChI is InChI=1S/C15H19NO/c1-11-9-14-12(5-4-7-15(14)17-11)10-13-6-2-3-8-16-13/h4-5,7,9,13,16H,2-3,6,8,10H2,1H3. The smallest absolute Gasteiger partial charge is 0.134 e. The number of fused-ring (bicyclic) bond motifs is 1. The second-order valence-electron chi connectivity index (χ2n) is 5.04. The molecule has 17 heavy (non-hydrogen) atoms. The largest absolute Gasteiger partial charge is 0.461 e. The van der Waals surface area contributed by atoms with Crippen LogP contribution in [0.5, 0.6) is 0 Å². The Morgan fingerprint density at radius 3 is 3.12 bits per heavy atom. The molecule has 0 radical (unpaired) electrons. The minimum Gasteiger partial charge on any atom is -0.461 e. The van der Waals surface area contributed by atoms with Gasteiger partial charge in [0, 0.05) is 11.4 Å². The zero-order chi connectivity index (χ0) is 11.7. The first-order chi connectivity index (χ1) is 8.33. The highest BCUT2D eigenvalue weighted by atomic mass is 16.3. The minimum absolute atomic E-state index is 0.643. The van der Waals surface area contributed by atoms with E-state index in [4.69, 9.17) is 4.42 Å². The molecule has 1 aliphatic heterocycles. The highest BCUT2D eigenvalue weighted by molar-refractivity contribution is 5.81. The summed E-state index contributed by atoms with van der Waals surface area (Å²) in [6, 6.07) is 9.19. The molecule has 90 valence electrons. The predicted molar refractivity (Wildman–Crippen MR) is 70.3 cm³/mol. The molecular formula is C15H19NO. The normalized spacial score (nSPS) is 20.9. The lowest BCUT2D eigenvalue weighted by Gasteiger charge is -2.23. The Morgan fingerprint density at radius 2 is 2.29 bits per heavy atom. The van der Waals surface area contributed by atoms with Gasteiger partial charge in [-0.25, -0.2) is 0 Å². The van der Waals surface area contributed by atoms with Crippen LogP contribution in [0.1, 0.15) is 30.6 Å². The van der Waals surface area contributed by atoms with E-state index in [1.54, 1.807) is 0 Å². The van der Waals surface area contributed by atoms with Crippen molar-refractivity contribution in [3.63, 3.8) is 0 Å². The van der Waals surface area contributed by atoms with Crippen molar-refractivity contribution in [3.05, 3.63) is 35.6 Å². The lowest BCUT2D eigenvalue weighted by molar-refractivity contribution is 0.400. The van der Waals surface area contributed by atoms with Gasteiger partial charge >= 0.3 is 0 Å². The molecule has 1 aromatic carbocycles. The fourth-order valence-electron chi connectivity index (χ4n) is 2.79. The Kier molecular flexibility index (Phi) is 2.89. The van der Waals surface area contributed by atoms with Gasteiger partial charge < -0.3 is 9.73 Å². The highest BCUT2D eigenvalue weighted by Crippen LogP contribution is 2.24. The Hall–Kier alpha value is -1.28. The summed E-state index contributed by atoms with van der Waals surface area (Å²) in [4.78, 5) is 0. The number of hydrogen-bond donors (Lipinski definition) is 1. The van der Waals surface area contributed by atoms with Crippen molar-refractivity contribution in [2.24, 2.45) is 0 Å². The van der Waals surface area contributed by atoms with Crippen molar-refractivity contribution < 1.29 is 4.42 Å². The zero-order valence-corrected chi connectivity index (χ0v) is 10.3. The van der Waals surface area contributed by atoms with Gasteiger partial charge in [-0.2, -0.15) is 0 Å². The molecule has 1 unspecified atom stereocenters. The van der Waals surface area contributed by atoms with E-state index < -0.39 is 0 Å². The van der Waals surface area contributed by atoms with Gasteiger partial charge in [0.05, 0.1) is 0 Å². The van der Waals surface area contributed by atoms with Crippen LogP contribution in [0.4, 0.5) is 0 Å². The van der Waals surface area contributed by atoms with Crippen LogP contribution >= 0.6 is 0 Å². The van der Waals surface area contributed by atoms with Crippen molar-refractivity contribution in [2.75, 3.05) is 6.54 Å². The van der Waals surface area contributed by atoms with Crippen LogP contribution in [0.2, 0.25) is 0 Å². The maximum atomic E-state index is 5.68. The van der Waals surface area contributed by atoms with E-state index in [-0.39, 0.29) is 0 Å². The number of rotatable bonds is 2. The molecule has 1 atom stereocenters. The fourth-order valence-corrected chi connectivity index (χ4v) is 2.79. The molecule has 0 aliphatic carbocycles. The van der Waals surface area contributed by atoms with Crippen LogP contribution in [0, 0.1) is 6.92 Å². The second-order valence-corrected chi connectivity index (χ2v) is 5.04. The summed E-state index contributed by atoms with van der Waals surface area (Å²) in [6.45, 7) is 3.19. The molecule has 1 N–H and O–H groups in total. The number of hydrogen-bond acceptors (Lipinski definition) is 2. The van der Waals surface area contributed by atoms with Gasteiger partial charge in [-0.15, -0.1) is 0 Å². The Morgan fingerprint density at radius 1 is 1.35 bits per heavy atom. The highest BCUT2D eigenvalue weighted by Gasteiger charge is 2.15. The molecule has 0 saturated carbocycles. The van der Waals surface area contributed by atoms with Crippen molar-refractivity contribution >= 4 is 11.0 Å². The van der Waals surface area contributed by atoms with E-state index in [2.05, 4.69) is 29.6 Å². The minimum atomic E-state index is 0.643. The summed E-state index contributed by atoms with van der Waals surface area (Å²) in [5, 5.41) is 4.90. The average molecular weight is 229 g/mol. The van der Waals surface area contributed by atoms with E-state index in [1.165, 1.54) is 36.8 Å². The number of benzene rings is 1. The van der Waals surface area contributed by atoms with E-state index in [0.717, 1.165) is 17.8 Å². The average Bonchev–Trinajstić information content (AvgIpc) is 2.72. The molecule has 0 spiro atoms. The van der Waals surface area contributed by atoms with Gasteiger partial charge in [0.1, 0.15) is 11.3 Å². The quantitative estimate of drug-likeness (QED) is 0.853. The van der Waals surface area contributed by atoms with Gasteiger partial charge in [-0.1, -0.05) is 18.6 Å². The molecule has 2 heteroatoms. The summed E-state index contributed by atoms with van der Waals surface area (Å²) in [6.07, 6.45) is 5.10. The van der Waals surface area contributed by atoms with Crippen molar-refractivity contribution in [2.45, 2.75) is 38.6 Å². The molecule has 1 aliphatic rings. The monoisotopic (exact) mass is 229 g/mol. The van der Waals surface area contributed by atoms with Crippen molar-refractivity contribution in [1.29, 1.82) is 0 Å².